The summed E-state index contributed by atoms with van der Waals surface area (Å²) < 4.78 is 3.96. The fourth-order valence-electron chi connectivity index (χ4n) is 3.27. The van der Waals surface area contributed by atoms with Crippen LogP contribution >= 0.6 is 22.9 Å². The molecule has 0 saturated heterocycles. The molecule has 0 bridgehead atoms. The van der Waals surface area contributed by atoms with E-state index < -0.39 is 23.4 Å². The molecule has 1 aromatic carbocycles. The van der Waals surface area contributed by atoms with E-state index in [9.17, 15) is 14.4 Å². The standard InChI is InChI=1S/C23H27N5O3S2/c1-13-7-9-14(10-8-13)18(21(30)26-23(2,3)4)28(12-15-6-5-11-32-15)22(31)19-16(24)17(20(25)29)27-33-19/h5-11,18H,12,24H2,1-4H3,(H2,25,29)(H,26,30). The Morgan fingerprint density at radius 3 is 2.33 bits per heavy atom. The fourth-order valence-corrected chi connectivity index (χ4v) is 4.73. The number of amides is 3. The van der Waals surface area contributed by atoms with E-state index in [0.29, 0.717) is 5.56 Å². The zero-order valence-corrected chi connectivity index (χ0v) is 20.5. The van der Waals surface area contributed by atoms with E-state index in [2.05, 4.69) is 9.69 Å². The predicted molar refractivity (Wildman–Crippen MR) is 131 cm³/mol. The normalized spacial score (nSPS) is 12.2. The summed E-state index contributed by atoms with van der Waals surface area (Å²) >= 11 is 2.27. The maximum atomic E-state index is 13.8. The average Bonchev–Trinajstić information content (AvgIpc) is 3.36. The smallest absolute Gasteiger partial charge is 0.270 e. The van der Waals surface area contributed by atoms with Crippen LogP contribution in [0.2, 0.25) is 0 Å². The number of nitrogen functional groups attached to an aromatic ring is 1. The topological polar surface area (TPSA) is 131 Å². The number of anilines is 1. The number of nitrogens with two attached hydrogens (primary N) is 2. The van der Waals surface area contributed by atoms with Crippen molar-refractivity contribution in [3.8, 4) is 0 Å². The minimum atomic E-state index is -0.932. The van der Waals surface area contributed by atoms with Crippen LogP contribution in [0, 0.1) is 6.92 Å². The largest absolute Gasteiger partial charge is 0.395 e. The van der Waals surface area contributed by atoms with E-state index in [1.807, 2.05) is 69.5 Å². The average molecular weight is 486 g/mol. The van der Waals surface area contributed by atoms with E-state index in [1.54, 1.807) is 0 Å². The highest BCUT2D eigenvalue weighted by Crippen LogP contribution is 2.31. The summed E-state index contributed by atoms with van der Waals surface area (Å²) in [5.41, 5.74) is 12.3. The Morgan fingerprint density at radius 2 is 1.82 bits per heavy atom. The molecule has 1 unspecified atom stereocenters. The van der Waals surface area contributed by atoms with Crippen molar-refractivity contribution >= 4 is 46.3 Å². The maximum absolute atomic E-state index is 13.8. The lowest BCUT2D eigenvalue weighted by Gasteiger charge is -2.33. The third-order valence-electron chi connectivity index (χ3n) is 4.77. The van der Waals surface area contributed by atoms with Gasteiger partial charge in [-0.2, -0.15) is 4.37 Å². The molecule has 5 N–H and O–H groups in total. The molecule has 1 atom stereocenters. The van der Waals surface area contributed by atoms with Gasteiger partial charge in [0.25, 0.3) is 11.8 Å². The molecule has 174 valence electrons. The molecule has 3 aromatic rings. The van der Waals surface area contributed by atoms with Gasteiger partial charge in [0.15, 0.2) is 5.69 Å². The Kier molecular flexibility index (Phi) is 7.19. The number of nitrogens with zero attached hydrogens (tertiary/aromatic N) is 2. The molecule has 0 saturated carbocycles. The molecule has 2 heterocycles. The van der Waals surface area contributed by atoms with Crippen LogP contribution in [0.1, 0.15) is 63.0 Å². The molecule has 0 aliphatic rings. The van der Waals surface area contributed by atoms with Crippen LogP contribution in [0.5, 0.6) is 0 Å². The molecule has 0 radical (unpaired) electrons. The number of carbonyl (C=O) groups excluding carboxylic acids is 3. The van der Waals surface area contributed by atoms with E-state index in [4.69, 9.17) is 11.5 Å². The molecule has 33 heavy (non-hydrogen) atoms. The van der Waals surface area contributed by atoms with Gasteiger partial charge >= 0.3 is 0 Å². The molecule has 0 aliphatic heterocycles. The summed E-state index contributed by atoms with van der Waals surface area (Å²) in [7, 11) is 0. The van der Waals surface area contributed by atoms with Crippen LogP contribution in [0.4, 0.5) is 5.69 Å². The minimum Gasteiger partial charge on any atom is -0.395 e. The van der Waals surface area contributed by atoms with Gasteiger partial charge < -0.3 is 21.7 Å². The van der Waals surface area contributed by atoms with E-state index in [0.717, 1.165) is 22.0 Å². The van der Waals surface area contributed by atoms with Crippen molar-refractivity contribution in [2.75, 3.05) is 5.73 Å². The molecular formula is C23H27N5O3S2. The lowest BCUT2D eigenvalue weighted by molar-refractivity contribution is -0.127. The first-order chi connectivity index (χ1) is 15.5. The van der Waals surface area contributed by atoms with E-state index >= 15 is 0 Å². The number of aromatic nitrogens is 1. The van der Waals surface area contributed by atoms with Crippen molar-refractivity contribution in [3.05, 3.63) is 68.4 Å². The van der Waals surface area contributed by atoms with E-state index in [-0.39, 0.29) is 28.7 Å². The molecule has 10 heteroatoms. The minimum absolute atomic E-state index is 0.0704. The van der Waals surface area contributed by atoms with Gasteiger partial charge in [-0.1, -0.05) is 35.9 Å². The van der Waals surface area contributed by atoms with Gasteiger partial charge in [-0.3, -0.25) is 14.4 Å². The van der Waals surface area contributed by atoms with Gasteiger partial charge in [-0.15, -0.1) is 11.3 Å². The number of aryl methyl sites for hydroxylation is 1. The van der Waals surface area contributed by atoms with Gasteiger partial charge in [0.1, 0.15) is 10.9 Å². The second-order valence-electron chi connectivity index (χ2n) is 8.70. The SMILES string of the molecule is Cc1ccc(C(C(=O)NC(C)(C)C)N(Cc2cccs2)C(=O)c2snc(C(N)=O)c2N)cc1. The fraction of sp³-hybridized carbons (Fsp3) is 0.304. The van der Waals surface area contributed by atoms with Crippen LogP contribution in [0.15, 0.2) is 41.8 Å². The summed E-state index contributed by atoms with van der Waals surface area (Å²) in [4.78, 5) is 41.4. The molecule has 2 aromatic heterocycles. The van der Waals surface area contributed by atoms with Crippen LogP contribution in [-0.4, -0.2) is 32.5 Å². The van der Waals surface area contributed by atoms with Crippen molar-refractivity contribution in [1.82, 2.24) is 14.6 Å². The number of hydrogen-bond acceptors (Lipinski definition) is 7. The van der Waals surface area contributed by atoms with Crippen LogP contribution in [-0.2, 0) is 11.3 Å². The van der Waals surface area contributed by atoms with Crippen molar-refractivity contribution in [2.45, 2.75) is 45.8 Å². The quantitative estimate of drug-likeness (QED) is 0.471. The highest BCUT2D eigenvalue weighted by Gasteiger charge is 2.36. The number of benzene rings is 1. The number of rotatable bonds is 7. The molecule has 0 spiro atoms. The third-order valence-corrected chi connectivity index (χ3v) is 6.49. The number of thiophene rings is 1. The maximum Gasteiger partial charge on any atom is 0.270 e. The lowest BCUT2D eigenvalue weighted by Crippen LogP contribution is -2.49. The Labute approximate surface area is 200 Å². The first-order valence-corrected chi connectivity index (χ1v) is 11.9. The second kappa shape index (κ2) is 9.72. The Morgan fingerprint density at radius 1 is 1.15 bits per heavy atom. The monoisotopic (exact) mass is 485 g/mol. The molecule has 8 nitrogen and oxygen atoms in total. The van der Waals surface area contributed by atoms with Gasteiger partial charge in [-0.05, 0) is 56.2 Å². The number of carbonyl (C=O) groups is 3. The second-order valence-corrected chi connectivity index (χ2v) is 10.5. The Hall–Kier alpha value is -3.24. The highest BCUT2D eigenvalue weighted by molar-refractivity contribution is 7.10. The van der Waals surface area contributed by atoms with Crippen LogP contribution < -0.4 is 16.8 Å². The molecular weight excluding hydrogens is 458 g/mol. The van der Waals surface area contributed by atoms with Crippen molar-refractivity contribution in [3.63, 3.8) is 0 Å². The summed E-state index contributed by atoms with van der Waals surface area (Å²) in [5.74, 6) is -1.64. The zero-order valence-electron chi connectivity index (χ0n) is 18.9. The van der Waals surface area contributed by atoms with Crippen molar-refractivity contribution in [2.24, 2.45) is 5.73 Å². The van der Waals surface area contributed by atoms with Crippen LogP contribution in [0.25, 0.3) is 0 Å². The Bertz CT molecular complexity index is 1150. The summed E-state index contributed by atoms with van der Waals surface area (Å²) in [6.07, 6.45) is 0. The van der Waals surface area contributed by atoms with Crippen molar-refractivity contribution < 1.29 is 14.4 Å². The highest BCUT2D eigenvalue weighted by atomic mass is 32.1. The van der Waals surface area contributed by atoms with Gasteiger partial charge in [0, 0.05) is 10.4 Å². The van der Waals surface area contributed by atoms with Crippen LogP contribution in [0.3, 0.4) is 0 Å². The molecule has 0 aliphatic carbocycles. The summed E-state index contributed by atoms with van der Waals surface area (Å²) in [6.45, 7) is 7.76. The third kappa shape index (κ3) is 5.77. The predicted octanol–water partition coefficient (Wildman–Crippen LogP) is 3.49. The van der Waals surface area contributed by atoms with Crippen molar-refractivity contribution in [1.29, 1.82) is 0 Å². The molecule has 0 fully saturated rings. The van der Waals surface area contributed by atoms with Gasteiger partial charge in [0.2, 0.25) is 5.91 Å². The number of primary amides is 1. The van der Waals surface area contributed by atoms with Gasteiger partial charge in [0.05, 0.1) is 12.2 Å². The summed E-state index contributed by atoms with van der Waals surface area (Å²) in [6, 6.07) is 10.3. The lowest BCUT2D eigenvalue weighted by atomic mass is 10.00. The first kappa shape index (κ1) is 24.4. The zero-order chi connectivity index (χ0) is 24.3. The molecule has 3 amide bonds. The van der Waals surface area contributed by atoms with Gasteiger partial charge in [-0.25, -0.2) is 0 Å². The first-order valence-electron chi connectivity index (χ1n) is 10.2. The Balaban J connectivity index is 2.13. The summed E-state index contributed by atoms with van der Waals surface area (Å²) in [5, 5.41) is 4.89. The van der Waals surface area contributed by atoms with E-state index in [1.165, 1.54) is 16.2 Å². The number of nitrogens with one attached hydrogen (secondary N) is 1. The molecule has 3 rings (SSSR count). The number of hydrogen-bond donors (Lipinski definition) is 3.